The van der Waals surface area contributed by atoms with Crippen LogP contribution in [-0.2, 0) is 27.7 Å². The molecular weight excluding hydrogens is 398 g/mol. The molecule has 1 fully saturated rings. The van der Waals surface area contributed by atoms with E-state index in [-0.39, 0.29) is 11.8 Å². The third kappa shape index (κ3) is 4.23. The highest BCUT2D eigenvalue weighted by atomic mass is 32.2. The van der Waals surface area contributed by atoms with Gasteiger partial charge in [0.1, 0.15) is 0 Å². The highest BCUT2D eigenvalue weighted by Crippen LogP contribution is 2.29. The number of hydrogen-bond acceptors (Lipinski definition) is 4. The Balaban J connectivity index is 1.36. The Kier molecular flexibility index (Phi) is 5.84. The number of rotatable bonds is 5. The number of carbonyl (C=O) groups excluding carboxylic acids is 1. The van der Waals surface area contributed by atoms with Crippen LogP contribution in [0.4, 0.5) is 11.4 Å². The zero-order valence-corrected chi connectivity index (χ0v) is 18.4. The first-order chi connectivity index (χ1) is 14.3. The van der Waals surface area contributed by atoms with E-state index >= 15 is 0 Å². The highest BCUT2D eigenvalue weighted by molar-refractivity contribution is 7.89. The van der Waals surface area contributed by atoms with E-state index in [1.807, 2.05) is 55.4 Å². The number of piperidine rings is 1. The van der Waals surface area contributed by atoms with E-state index in [9.17, 15) is 13.2 Å². The van der Waals surface area contributed by atoms with Crippen molar-refractivity contribution in [1.29, 1.82) is 0 Å². The maximum Gasteiger partial charge on any atom is 0.243 e. The maximum absolute atomic E-state index is 13.1. The first-order valence-electron chi connectivity index (χ1n) is 10.5. The van der Waals surface area contributed by atoms with Crippen molar-refractivity contribution in [3.05, 3.63) is 53.6 Å². The topological polar surface area (TPSA) is 69.7 Å². The summed E-state index contributed by atoms with van der Waals surface area (Å²) < 4.78 is 27.7. The zero-order chi connectivity index (χ0) is 21.3. The second-order valence-electron chi connectivity index (χ2n) is 8.39. The summed E-state index contributed by atoms with van der Waals surface area (Å²) in [5.74, 6) is -0.216. The summed E-state index contributed by atoms with van der Waals surface area (Å²) >= 11 is 0. The van der Waals surface area contributed by atoms with Crippen LogP contribution in [0.2, 0.25) is 0 Å². The van der Waals surface area contributed by atoms with Gasteiger partial charge >= 0.3 is 0 Å². The Bertz CT molecular complexity index is 1020. The number of benzene rings is 2. The molecule has 2 aliphatic rings. The monoisotopic (exact) mass is 427 g/mol. The van der Waals surface area contributed by atoms with E-state index in [2.05, 4.69) is 5.32 Å². The van der Waals surface area contributed by atoms with Crippen LogP contribution in [0, 0.1) is 5.92 Å². The molecule has 0 bridgehead atoms. The second-order valence-corrected chi connectivity index (χ2v) is 10.3. The first-order valence-corrected chi connectivity index (χ1v) is 12.0. The van der Waals surface area contributed by atoms with Gasteiger partial charge in [0.05, 0.1) is 4.90 Å². The van der Waals surface area contributed by atoms with Gasteiger partial charge in [0, 0.05) is 44.5 Å². The lowest BCUT2D eigenvalue weighted by Crippen LogP contribution is -2.41. The predicted molar refractivity (Wildman–Crippen MR) is 119 cm³/mol. The van der Waals surface area contributed by atoms with Gasteiger partial charge in [0.2, 0.25) is 15.9 Å². The largest absolute Gasteiger partial charge is 0.378 e. The summed E-state index contributed by atoms with van der Waals surface area (Å²) in [5, 5.41) is 2.97. The van der Waals surface area contributed by atoms with Crippen LogP contribution in [0.1, 0.15) is 30.4 Å². The fraction of sp³-hybridized carbons (Fsp3) is 0.435. The molecule has 4 rings (SSSR count). The standard InChI is InChI=1S/C23H29N3O3S/c1-25(2)21-9-7-20(8-10-21)24-23(27)18-12-14-26(15-13-18)30(28,29)22-11-6-17-4-3-5-19(17)16-22/h6-11,16,18H,3-5,12-15H2,1-2H3,(H,24,27). The molecule has 1 amide bonds. The minimum absolute atomic E-state index is 0.0396. The van der Waals surface area contributed by atoms with E-state index in [1.54, 1.807) is 6.07 Å². The number of sulfonamides is 1. The lowest BCUT2D eigenvalue weighted by atomic mass is 9.97. The maximum atomic E-state index is 13.1. The van der Waals surface area contributed by atoms with Crippen LogP contribution < -0.4 is 10.2 Å². The van der Waals surface area contributed by atoms with Crippen molar-refractivity contribution in [2.24, 2.45) is 5.92 Å². The number of fused-ring (bicyclic) bond motifs is 1. The molecular formula is C23H29N3O3S. The molecule has 0 spiro atoms. The minimum atomic E-state index is -3.51. The van der Waals surface area contributed by atoms with Crippen LogP contribution in [0.5, 0.6) is 0 Å². The number of amides is 1. The highest BCUT2D eigenvalue weighted by Gasteiger charge is 2.32. The second kappa shape index (κ2) is 8.40. The molecule has 30 heavy (non-hydrogen) atoms. The molecule has 1 heterocycles. The zero-order valence-electron chi connectivity index (χ0n) is 17.6. The van der Waals surface area contributed by atoms with E-state index in [0.717, 1.165) is 36.2 Å². The van der Waals surface area contributed by atoms with Crippen LogP contribution in [0.3, 0.4) is 0 Å². The molecule has 7 heteroatoms. The number of hydrogen-bond donors (Lipinski definition) is 1. The van der Waals surface area contributed by atoms with Gasteiger partial charge in [0.15, 0.2) is 0 Å². The summed E-state index contributed by atoms with van der Waals surface area (Å²) in [6.07, 6.45) is 4.15. The van der Waals surface area contributed by atoms with Crippen LogP contribution in [0.15, 0.2) is 47.4 Å². The Morgan fingerprint density at radius 3 is 2.33 bits per heavy atom. The quantitative estimate of drug-likeness (QED) is 0.795. The third-order valence-corrected chi connectivity index (χ3v) is 8.08. The molecule has 1 aliphatic carbocycles. The van der Waals surface area contributed by atoms with E-state index in [4.69, 9.17) is 0 Å². The Labute approximate surface area is 178 Å². The van der Waals surface area contributed by atoms with Gasteiger partial charge in [-0.05, 0) is 79.6 Å². The molecule has 2 aromatic carbocycles. The molecule has 0 radical (unpaired) electrons. The molecule has 6 nitrogen and oxygen atoms in total. The molecule has 0 atom stereocenters. The average molecular weight is 428 g/mol. The molecule has 160 valence electrons. The Morgan fingerprint density at radius 2 is 1.67 bits per heavy atom. The summed E-state index contributed by atoms with van der Waals surface area (Å²) in [4.78, 5) is 15.0. The molecule has 1 aliphatic heterocycles. The third-order valence-electron chi connectivity index (χ3n) is 6.18. The van der Waals surface area contributed by atoms with Crippen molar-refractivity contribution in [1.82, 2.24) is 4.31 Å². The van der Waals surface area contributed by atoms with Crippen molar-refractivity contribution in [2.45, 2.75) is 37.0 Å². The lowest BCUT2D eigenvalue weighted by molar-refractivity contribution is -0.120. The summed E-state index contributed by atoms with van der Waals surface area (Å²) in [7, 11) is 0.433. The number of nitrogens with zero attached hydrogens (tertiary/aromatic N) is 2. The van der Waals surface area contributed by atoms with Gasteiger partial charge < -0.3 is 10.2 Å². The van der Waals surface area contributed by atoms with Gasteiger partial charge in [0.25, 0.3) is 0 Å². The molecule has 2 aromatic rings. The Hall–Kier alpha value is -2.38. The van der Waals surface area contributed by atoms with Crippen LogP contribution >= 0.6 is 0 Å². The van der Waals surface area contributed by atoms with Crippen LogP contribution in [0.25, 0.3) is 0 Å². The van der Waals surface area contributed by atoms with Crippen molar-refractivity contribution in [3.8, 4) is 0 Å². The molecule has 0 aromatic heterocycles. The first kappa shape index (κ1) is 20.9. The summed E-state index contributed by atoms with van der Waals surface area (Å²) in [5.41, 5.74) is 4.26. The summed E-state index contributed by atoms with van der Waals surface area (Å²) in [6.45, 7) is 0.744. The summed E-state index contributed by atoms with van der Waals surface area (Å²) in [6, 6.07) is 13.2. The number of nitrogens with one attached hydrogen (secondary N) is 1. The van der Waals surface area contributed by atoms with Gasteiger partial charge in [-0.1, -0.05) is 6.07 Å². The van der Waals surface area contributed by atoms with Gasteiger partial charge in [-0.25, -0.2) is 8.42 Å². The fourth-order valence-electron chi connectivity index (χ4n) is 4.30. The van der Waals surface area contributed by atoms with E-state index in [0.29, 0.717) is 30.8 Å². The van der Waals surface area contributed by atoms with E-state index in [1.165, 1.54) is 9.87 Å². The normalized spacial score (nSPS) is 17.5. The number of anilines is 2. The fourth-order valence-corrected chi connectivity index (χ4v) is 5.82. The van der Waals surface area contributed by atoms with Gasteiger partial charge in [-0.3, -0.25) is 4.79 Å². The molecule has 1 N–H and O–H groups in total. The van der Waals surface area contributed by atoms with E-state index < -0.39 is 10.0 Å². The molecule has 0 unspecified atom stereocenters. The van der Waals surface area contributed by atoms with Gasteiger partial charge in [-0.2, -0.15) is 4.31 Å². The molecule has 1 saturated heterocycles. The van der Waals surface area contributed by atoms with Gasteiger partial charge in [-0.15, -0.1) is 0 Å². The van der Waals surface area contributed by atoms with Crippen LogP contribution in [-0.4, -0.2) is 45.8 Å². The smallest absolute Gasteiger partial charge is 0.243 e. The number of carbonyl (C=O) groups is 1. The lowest BCUT2D eigenvalue weighted by Gasteiger charge is -2.30. The minimum Gasteiger partial charge on any atom is -0.378 e. The SMILES string of the molecule is CN(C)c1ccc(NC(=O)C2CCN(S(=O)(=O)c3ccc4c(c3)CCC4)CC2)cc1. The van der Waals surface area contributed by atoms with Crippen molar-refractivity contribution >= 4 is 27.3 Å². The Morgan fingerprint density at radius 1 is 1.00 bits per heavy atom. The van der Waals surface area contributed by atoms with Crippen molar-refractivity contribution < 1.29 is 13.2 Å². The number of aryl methyl sites for hydroxylation is 2. The molecule has 0 saturated carbocycles. The average Bonchev–Trinajstić information content (AvgIpc) is 3.22. The predicted octanol–water partition coefficient (Wildman–Crippen LogP) is 3.28. The van der Waals surface area contributed by atoms with Crippen molar-refractivity contribution in [2.75, 3.05) is 37.4 Å². The van der Waals surface area contributed by atoms with Crippen molar-refractivity contribution in [3.63, 3.8) is 0 Å².